The minimum Gasteiger partial charge on any atom is -0.390 e. The number of aromatic nitrogens is 2. The molecule has 1 aromatic rings. The standard InChI is InChI=1S/C19H32N4O2/c1-18-12-14(13-21(3)17(24)15-9-11-20-23(15)5)22(4)16(18)8-6-7-10-19(18,2)25/h9,11,14,16,25H,6-8,10,12-13H2,1-5H3/t14-,16-,18-,19+/m1/s1. The zero-order valence-electron chi connectivity index (χ0n) is 16.2. The number of aliphatic hydroxyl groups is 1. The molecule has 25 heavy (non-hydrogen) atoms. The first-order valence-electron chi connectivity index (χ1n) is 9.35. The molecule has 1 aliphatic heterocycles. The molecule has 6 nitrogen and oxygen atoms in total. The highest BCUT2D eigenvalue weighted by Crippen LogP contribution is 2.52. The topological polar surface area (TPSA) is 61.6 Å². The Bertz CT molecular complexity index is 641. The maximum Gasteiger partial charge on any atom is 0.271 e. The van der Waals surface area contributed by atoms with Crippen molar-refractivity contribution < 1.29 is 9.90 Å². The van der Waals surface area contributed by atoms with E-state index in [9.17, 15) is 9.90 Å². The van der Waals surface area contributed by atoms with Gasteiger partial charge in [0.2, 0.25) is 0 Å². The molecule has 1 N–H and O–H groups in total. The van der Waals surface area contributed by atoms with E-state index in [0.29, 0.717) is 18.3 Å². The third-order valence-corrected chi connectivity index (χ3v) is 6.96. The Morgan fingerprint density at radius 1 is 1.40 bits per heavy atom. The van der Waals surface area contributed by atoms with Gasteiger partial charge >= 0.3 is 0 Å². The SMILES string of the molecule is CN(C[C@H]1C[C@]2(C)[C@@H](CCCC[C@]2(C)O)N1C)C(=O)c1ccnn1C. The van der Waals surface area contributed by atoms with Crippen molar-refractivity contribution in [2.75, 3.05) is 20.6 Å². The lowest BCUT2D eigenvalue weighted by Crippen LogP contribution is -2.50. The summed E-state index contributed by atoms with van der Waals surface area (Å²) < 4.78 is 1.62. The number of aryl methyl sites for hydroxylation is 1. The van der Waals surface area contributed by atoms with Crippen molar-refractivity contribution in [3.63, 3.8) is 0 Å². The van der Waals surface area contributed by atoms with Crippen LogP contribution in [0.4, 0.5) is 0 Å². The smallest absolute Gasteiger partial charge is 0.271 e. The second kappa shape index (κ2) is 6.40. The minimum atomic E-state index is -0.651. The highest BCUT2D eigenvalue weighted by Gasteiger charge is 2.57. The molecule has 0 bridgehead atoms. The first-order chi connectivity index (χ1) is 11.7. The number of carbonyl (C=O) groups excluding carboxylic acids is 1. The summed E-state index contributed by atoms with van der Waals surface area (Å²) in [6.45, 7) is 4.91. The number of rotatable bonds is 3. The van der Waals surface area contributed by atoms with E-state index in [2.05, 4.69) is 24.0 Å². The second-order valence-corrected chi connectivity index (χ2v) is 8.50. The molecule has 1 aliphatic carbocycles. The summed E-state index contributed by atoms with van der Waals surface area (Å²) >= 11 is 0. The fraction of sp³-hybridized carbons (Fsp3) is 0.789. The van der Waals surface area contributed by atoms with Gasteiger partial charge in [0.1, 0.15) is 5.69 Å². The molecule has 3 rings (SSSR count). The monoisotopic (exact) mass is 348 g/mol. The molecule has 1 amide bonds. The van der Waals surface area contributed by atoms with Crippen molar-refractivity contribution in [1.29, 1.82) is 0 Å². The summed E-state index contributed by atoms with van der Waals surface area (Å²) in [7, 11) is 5.81. The largest absolute Gasteiger partial charge is 0.390 e. The lowest BCUT2D eigenvalue weighted by atomic mass is 9.67. The van der Waals surface area contributed by atoms with Gasteiger partial charge in [-0.2, -0.15) is 5.10 Å². The Morgan fingerprint density at radius 3 is 2.76 bits per heavy atom. The van der Waals surface area contributed by atoms with Crippen LogP contribution in [0, 0.1) is 5.41 Å². The van der Waals surface area contributed by atoms with E-state index < -0.39 is 5.60 Å². The Kier molecular flexibility index (Phi) is 4.71. The van der Waals surface area contributed by atoms with Gasteiger partial charge in [-0.3, -0.25) is 14.4 Å². The van der Waals surface area contributed by atoms with Crippen LogP contribution >= 0.6 is 0 Å². The third-order valence-electron chi connectivity index (χ3n) is 6.96. The van der Waals surface area contributed by atoms with Gasteiger partial charge in [-0.05, 0) is 39.3 Å². The van der Waals surface area contributed by atoms with E-state index >= 15 is 0 Å². The van der Waals surface area contributed by atoms with E-state index in [1.807, 2.05) is 14.0 Å². The summed E-state index contributed by atoms with van der Waals surface area (Å²) in [5.74, 6) is -0.00240. The number of likely N-dealkylation sites (N-methyl/N-ethyl adjacent to an activating group) is 2. The van der Waals surface area contributed by atoms with Crippen LogP contribution in [-0.2, 0) is 7.05 Å². The van der Waals surface area contributed by atoms with Crippen LogP contribution in [0.1, 0.15) is 56.4 Å². The number of amides is 1. The van der Waals surface area contributed by atoms with Crippen LogP contribution in [0.3, 0.4) is 0 Å². The number of carbonyl (C=O) groups is 1. The van der Waals surface area contributed by atoms with Crippen molar-refractivity contribution in [3.05, 3.63) is 18.0 Å². The Morgan fingerprint density at radius 2 is 2.12 bits per heavy atom. The van der Waals surface area contributed by atoms with Crippen LogP contribution in [0.15, 0.2) is 12.3 Å². The highest BCUT2D eigenvalue weighted by atomic mass is 16.3. The van der Waals surface area contributed by atoms with Gasteiger partial charge in [-0.25, -0.2) is 0 Å². The van der Waals surface area contributed by atoms with Crippen LogP contribution < -0.4 is 0 Å². The third kappa shape index (κ3) is 2.99. The maximum absolute atomic E-state index is 12.7. The maximum atomic E-state index is 12.7. The van der Waals surface area contributed by atoms with Gasteiger partial charge in [0, 0.05) is 44.3 Å². The minimum absolute atomic E-state index is 0.00240. The molecule has 2 aliphatic rings. The molecule has 4 atom stereocenters. The zero-order chi connectivity index (χ0) is 18.4. The molecule has 0 spiro atoms. The molecule has 1 aromatic heterocycles. The molecule has 1 saturated heterocycles. The van der Waals surface area contributed by atoms with E-state index in [4.69, 9.17) is 0 Å². The zero-order valence-corrected chi connectivity index (χ0v) is 16.2. The van der Waals surface area contributed by atoms with E-state index in [1.54, 1.807) is 28.9 Å². The van der Waals surface area contributed by atoms with Crippen LogP contribution in [0.5, 0.6) is 0 Å². The number of nitrogens with zero attached hydrogens (tertiary/aromatic N) is 4. The summed E-state index contributed by atoms with van der Waals surface area (Å²) in [6.07, 6.45) is 6.82. The summed E-state index contributed by atoms with van der Waals surface area (Å²) in [6, 6.07) is 2.39. The lowest BCUT2D eigenvalue weighted by Gasteiger charge is -2.43. The second-order valence-electron chi connectivity index (χ2n) is 8.50. The number of fused-ring (bicyclic) bond motifs is 1. The Hall–Kier alpha value is -1.40. The molecule has 0 radical (unpaired) electrons. The van der Waals surface area contributed by atoms with Crippen molar-refractivity contribution in [1.82, 2.24) is 19.6 Å². The van der Waals surface area contributed by atoms with Crippen LogP contribution in [0.2, 0.25) is 0 Å². The normalized spacial score (nSPS) is 36.1. The van der Waals surface area contributed by atoms with Gasteiger partial charge in [0.15, 0.2) is 0 Å². The first-order valence-corrected chi connectivity index (χ1v) is 9.35. The average Bonchev–Trinajstić information content (AvgIpc) is 3.03. The predicted molar refractivity (Wildman–Crippen MR) is 97.3 cm³/mol. The van der Waals surface area contributed by atoms with Gasteiger partial charge in [0.05, 0.1) is 5.60 Å². The molecule has 2 fully saturated rings. The molecule has 6 heteroatoms. The van der Waals surface area contributed by atoms with Crippen molar-refractivity contribution >= 4 is 5.91 Å². The van der Waals surface area contributed by atoms with E-state index in [1.165, 1.54) is 0 Å². The lowest BCUT2D eigenvalue weighted by molar-refractivity contribution is -0.0754. The van der Waals surface area contributed by atoms with E-state index in [-0.39, 0.29) is 17.4 Å². The Balaban J connectivity index is 1.76. The highest BCUT2D eigenvalue weighted by molar-refractivity contribution is 5.92. The van der Waals surface area contributed by atoms with Gasteiger partial charge in [-0.1, -0.05) is 19.8 Å². The first kappa shape index (κ1) is 18.4. The van der Waals surface area contributed by atoms with Crippen molar-refractivity contribution in [2.45, 2.75) is 63.6 Å². The van der Waals surface area contributed by atoms with Crippen molar-refractivity contribution in [2.24, 2.45) is 12.5 Å². The van der Waals surface area contributed by atoms with Gasteiger partial charge in [0.25, 0.3) is 5.91 Å². The molecular weight excluding hydrogens is 316 g/mol. The summed E-state index contributed by atoms with van der Waals surface area (Å²) in [5, 5.41) is 15.2. The van der Waals surface area contributed by atoms with Crippen LogP contribution in [0.25, 0.3) is 0 Å². The fourth-order valence-electron chi connectivity index (χ4n) is 5.04. The predicted octanol–water partition coefficient (Wildman–Crippen LogP) is 1.90. The van der Waals surface area contributed by atoms with Crippen molar-refractivity contribution in [3.8, 4) is 0 Å². The molecule has 0 aromatic carbocycles. The molecule has 140 valence electrons. The molecule has 1 saturated carbocycles. The summed E-state index contributed by atoms with van der Waals surface area (Å²) in [5.41, 5.74) is -0.170. The molecule has 0 unspecified atom stereocenters. The summed E-state index contributed by atoms with van der Waals surface area (Å²) in [4.78, 5) is 16.9. The quantitative estimate of drug-likeness (QED) is 0.906. The number of hydrogen-bond donors (Lipinski definition) is 1. The fourth-order valence-corrected chi connectivity index (χ4v) is 5.04. The average molecular weight is 348 g/mol. The number of likely N-dealkylation sites (tertiary alicyclic amines) is 1. The molecular formula is C19H32N4O2. The molecule has 2 heterocycles. The van der Waals surface area contributed by atoms with Gasteiger partial charge in [-0.15, -0.1) is 0 Å². The van der Waals surface area contributed by atoms with Crippen LogP contribution in [-0.4, -0.2) is 68.9 Å². The van der Waals surface area contributed by atoms with Gasteiger partial charge < -0.3 is 10.0 Å². The number of hydrogen-bond acceptors (Lipinski definition) is 4. The Labute approximate surface area is 150 Å². The van der Waals surface area contributed by atoms with E-state index in [0.717, 1.165) is 32.1 Å².